The van der Waals surface area contributed by atoms with Gasteiger partial charge in [-0.1, -0.05) is 12.0 Å². The molecule has 1 aromatic heterocycles. The van der Waals surface area contributed by atoms with Gasteiger partial charge in [0.15, 0.2) is 0 Å². The highest BCUT2D eigenvalue weighted by molar-refractivity contribution is 6.09. The van der Waals surface area contributed by atoms with Gasteiger partial charge in [0.25, 0.3) is 5.91 Å². The van der Waals surface area contributed by atoms with Crippen LogP contribution in [0.5, 0.6) is 5.75 Å². The van der Waals surface area contributed by atoms with Gasteiger partial charge >= 0.3 is 5.69 Å². The molecule has 0 atom stereocenters. The summed E-state index contributed by atoms with van der Waals surface area (Å²) in [6.07, 6.45) is 8.60. The number of nitrogens with one attached hydrogen (secondary N) is 1. The third kappa shape index (κ3) is 3.89. The topological polar surface area (TPSA) is 68.5 Å². The normalized spacial score (nSPS) is 13.8. The summed E-state index contributed by atoms with van der Waals surface area (Å²) in [5.74, 6) is 2.72. The summed E-state index contributed by atoms with van der Waals surface area (Å²) < 4.78 is 8.73. The van der Waals surface area contributed by atoms with Gasteiger partial charge in [-0.3, -0.25) is 13.9 Å². The highest BCUT2D eigenvalue weighted by Crippen LogP contribution is 2.36. The van der Waals surface area contributed by atoms with E-state index in [-0.39, 0.29) is 18.2 Å². The van der Waals surface area contributed by atoms with Crippen LogP contribution in [0.2, 0.25) is 0 Å². The average Bonchev–Trinajstić information content (AvgIpc) is 3.02. The molecule has 1 fully saturated rings. The van der Waals surface area contributed by atoms with Crippen molar-refractivity contribution < 1.29 is 9.53 Å². The second-order valence-corrected chi connectivity index (χ2v) is 7.75. The van der Waals surface area contributed by atoms with Gasteiger partial charge in [0.2, 0.25) is 0 Å². The first kappa shape index (κ1) is 20.6. The number of fused-ring (bicyclic) bond motifs is 1. The fraction of sp³-hybridized carbons (Fsp3) is 0.333. The molecule has 7 heteroatoms. The van der Waals surface area contributed by atoms with Crippen LogP contribution in [0.25, 0.3) is 11.0 Å². The summed E-state index contributed by atoms with van der Waals surface area (Å²) >= 11 is 0. The maximum atomic E-state index is 13.1. The minimum atomic E-state index is -0.246. The zero-order valence-corrected chi connectivity index (χ0v) is 17.9. The van der Waals surface area contributed by atoms with Crippen molar-refractivity contribution in [2.75, 3.05) is 29.9 Å². The van der Waals surface area contributed by atoms with Crippen LogP contribution in [0, 0.1) is 12.3 Å². The largest absolute Gasteiger partial charge is 0.481 e. The molecule has 3 aromatic rings. The van der Waals surface area contributed by atoms with Crippen molar-refractivity contribution in [1.29, 1.82) is 0 Å². The Bertz CT molecular complexity index is 1230. The van der Waals surface area contributed by atoms with Crippen molar-refractivity contribution in [1.82, 2.24) is 9.13 Å². The number of aryl methyl sites for hydroxylation is 2. The maximum Gasteiger partial charge on any atom is 0.328 e. The number of imidazole rings is 1. The van der Waals surface area contributed by atoms with Crippen molar-refractivity contribution in [2.45, 2.75) is 19.3 Å². The minimum Gasteiger partial charge on any atom is -0.481 e. The third-order valence-electron chi connectivity index (χ3n) is 5.74. The maximum absolute atomic E-state index is 13.1. The molecule has 160 valence electrons. The Labute approximate surface area is 181 Å². The van der Waals surface area contributed by atoms with E-state index in [9.17, 15) is 9.59 Å². The Morgan fingerprint density at radius 2 is 1.90 bits per heavy atom. The molecule has 1 aliphatic heterocycles. The number of amides is 1. The first-order chi connectivity index (χ1) is 15.0. The highest BCUT2D eigenvalue weighted by atomic mass is 16.5. The Kier molecular flexibility index (Phi) is 5.72. The SMILES string of the molecule is C#CCOc1cccc(C(=O)Nc2ccc3c(c2N2CCCCC2)n(C)c(=O)n3C)c1. The highest BCUT2D eigenvalue weighted by Gasteiger charge is 2.23. The molecule has 4 rings (SSSR count). The summed E-state index contributed by atoms with van der Waals surface area (Å²) in [5.41, 5.74) is 3.64. The van der Waals surface area contributed by atoms with Crippen LogP contribution < -0.4 is 20.6 Å². The lowest BCUT2D eigenvalue weighted by molar-refractivity contribution is 0.102. The molecule has 0 saturated carbocycles. The van der Waals surface area contributed by atoms with Crippen molar-refractivity contribution >= 4 is 28.3 Å². The average molecular weight is 418 g/mol. The fourth-order valence-electron chi connectivity index (χ4n) is 4.18. The van der Waals surface area contributed by atoms with Gasteiger partial charge in [-0.25, -0.2) is 4.79 Å². The zero-order valence-electron chi connectivity index (χ0n) is 17.9. The van der Waals surface area contributed by atoms with Crippen molar-refractivity contribution in [3.63, 3.8) is 0 Å². The van der Waals surface area contributed by atoms with Crippen molar-refractivity contribution in [2.24, 2.45) is 14.1 Å². The Morgan fingerprint density at radius 3 is 2.65 bits per heavy atom. The Morgan fingerprint density at radius 1 is 1.13 bits per heavy atom. The van der Waals surface area contributed by atoms with E-state index in [0.717, 1.165) is 42.7 Å². The molecular formula is C24H26N4O3. The molecule has 2 heterocycles. The number of carbonyl (C=O) groups is 1. The predicted octanol–water partition coefficient (Wildman–Crippen LogP) is 3.13. The quantitative estimate of drug-likeness (QED) is 0.647. The van der Waals surface area contributed by atoms with Gasteiger partial charge in [0.05, 0.1) is 22.4 Å². The van der Waals surface area contributed by atoms with Crippen LogP contribution in [-0.4, -0.2) is 34.7 Å². The molecule has 0 bridgehead atoms. The number of carbonyl (C=O) groups excluding carboxylic acids is 1. The first-order valence-corrected chi connectivity index (χ1v) is 10.4. The summed E-state index contributed by atoms with van der Waals surface area (Å²) in [6, 6.07) is 10.7. The molecule has 1 aliphatic rings. The van der Waals surface area contributed by atoms with Gasteiger partial charge in [-0.15, -0.1) is 6.42 Å². The molecule has 1 N–H and O–H groups in total. The van der Waals surface area contributed by atoms with Gasteiger partial charge in [0, 0.05) is 32.7 Å². The number of benzene rings is 2. The van der Waals surface area contributed by atoms with E-state index >= 15 is 0 Å². The van der Waals surface area contributed by atoms with Gasteiger partial charge in [-0.05, 0) is 49.6 Å². The number of nitrogens with zero attached hydrogens (tertiary/aromatic N) is 3. The second-order valence-electron chi connectivity index (χ2n) is 7.75. The van der Waals surface area contributed by atoms with Crippen LogP contribution in [0.1, 0.15) is 29.6 Å². The van der Waals surface area contributed by atoms with Crippen LogP contribution in [0.15, 0.2) is 41.2 Å². The summed E-state index contributed by atoms with van der Waals surface area (Å²) in [7, 11) is 3.54. The summed E-state index contributed by atoms with van der Waals surface area (Å²) in [6.45, 7) is 1.92. The molecule has 7 nitrogen and oxygen atoms in total. The molecular weight excluding hydrogens is 392 g/mol. The summed E-state index contributed by atoms with van der Waals surface area (Å²) in [5, 5.41) is 3.05. The molecule has 1 amide bonds. The van der Waals surface area contributed by atoms with E-state index in [4.69, 9.17) is 11.2 Å². The number of hydrogen-bond acceptors (Lipinski definition) is 4. The number of terminal acetylenes is 1. The van der Waals surface area contributed by atoms with Gasteiger partial charge in [0.1, 0.15) is 12.4 Å². The number of aromatic nitrogens is 2. The van der Waals surface area contributed by atoms with Crippen LogP contribution in [-0.2, 0) is 14.1 Å². The standard InChI is InChI=1S/C24H26N4O3/c1-4-15-31-18-10-8-9-17(16-18)23(29)25-19-11-12-20-22(27(3)24(30)26(20)2)21(19)28-13-6-5-7-14-28/h1,8-12,16H,5-7,13-15H2,2-3H3,(H,25,29). The smallest absolute Gasteiger partial charge is 0.328 e. The third-order valence-corrected chi connectivity index (χ3v) is 5.74. The minimum absolute atomic E-state index is 0.0879. The molecule has 31 heavy (non-hydrogen) atoms. The second kappa shape index (κ2) is 8.60. The van der Waals surface area contributed by atoms with Gasteiger partial charge in [-0.2, -0.15) is 0 Å². The summed E-state index contributed by atoms with van der Waals surface area (Å²) in [4.78, 5) is 27.9. The molecule has 0 unspecified atom stereocenters. The van der Waals surface area contributed by atoms with E-state index < -0.39 is 0 Å². The molecule has 0 aliphatic carbocycles. The lowest BCUT2D eigenvalue weighted by Crippen LogP contribution is -2.31. The lowest BCUT2D eigenvalue weighted by Gasteiger charge is -2.31. The van der Waals surface area contributed by atoms with Crippen molar-refractivity contribution in [3.8, 4) is 18.1 Å². The van der Waals surface area contributed by atoms with E-state index in [2.05, 4.69) is 16.1 Å². The van der Waals surface area contributed by atoms with Crippen LogP contribution in [0.3, 0.4) is 0 Å². The lowest BCUT2D eigenvalue weighted by atomic mass is 10.1. The Balaban J connectivity index is 1.75. The number of piperidine rings is 1. The predicted molar refractivity (Wildman–Crippen MR) is 123 cm³/mol. The zero-order chi connectivity index (χ0) is 22.0. The van der Waals surface area contributed by atoms with Gasteiger partial charge < -0.3 is 15.0 Å². The Hall–Kier alpha value is -3.66. The molecule has 0 spiro atoms. The number of anilines is 2. The van der Waals surface area contributed by atoms with E-state index in [0.29, 0.717) is 17.0 Å². The molecule has 0 radical (unpaired) electrons. The van der Waals surface area contributed by atoms with E-state index in [1.807, 2.05) is 12.1 Å². The molecule has 1 saturated heterocycles. The number of rotatable bonds is 5. The van der Waals surface area contributed by atoms with E-state index in [1.54, 1.807) is 47.5 Å². The monoisotopic (exact) mass is 418 g/mol. The van der Waals surface area contributed by atoms with Crippen LogP contribution in [0.4, 0.5) is 11.4 Å². The number of hydrogen-bond donors (Lipinski definition) is 1. The van der Waals surface area contributed by atoms with Crippen LogP contribution >= 0.6 is 0 Å². The first-order valence-electron chi connectivity index (χ1n) is 10.4. The molecule has 2 aromatic carbocycles. The van der Waals surface area contributed by atoms with E-state index in [1.165, 1.54) is 6.42 Å². The number of ether oxygens (including phenoxy) is 1. The fourth-order valence-corrected chi connectivity index (χ4v) is 4.18. The van der Waals surface area contributed by atoms with Crippen molar-refractivity contribution in [3.05, 3.63) is 52.4 Å².